The van der Waals surface area contributed by atoms with Crippen LogP contribution in [0.1, 0.15) is 32.8 Å². The summed E-state index contributed by atoms with van der Waals surface area (Å²) in [5.74, 6) is -0.391. The van der Waals surface area contributed by atoms with Gasteiger partial charge in [0.25, 0.3) is 5.91 Å². The van der Waals surface area contributed by atoms with Crippen LogP contribution in [0.25, 0.3) is 0 Å². The van der Waals surface area contributed by atoms with Gasteiger partial charge >= 0.3 is 5.69 Å². The van der Waals surface area contributed by atoms with Crippen molar-refractivity contribution < 1.29 is 24.0 Å². The van der Waals surface area contributed by atoms with E-state index in [1.807, 2.05) is 38.1 Å². The van der Waals surface area contributed by atoms with E-state index in [1.165, 1.54) is 30.2 Å². The van der Waals surface area contributed by atoms with Crippen LogP contribution in [-0.2, 0) is 16.1 Å². The lowest BCUT2D eigenvalue weighted by Gasteiger charge is -2.29. The third-order valence-electron chi connectivity index (χ3n) is 5.14. The van der Waals surface area contributed by atoms with Gasteiger partial charge in [0.05, 0.1) is 12.0 Å². The summed E-state index contributed by atoms with van der Waals surface area (Å²) >= 11 is 3.39. The maximum atomic E-state index is 13.1. The number of hydrogen-bond acceptors (Lipinski definition) is 6. The van der Waals surface area contributed by atoms with Gasteiger partial charge in [-0.05, 0) is 44.0 Å². The molecule has 10 heteroatoms. The normalized spacial score (nSPS) is 12.4. The topological polar surface area (TPSA) is 111 Å². The molecule has 2 rings (SSSR count). The van der Waals surface area contributed by atoms with E-state index in [4.69, 9.17) is 9.47 Å². The van der Waals surface area contributed by atoms with Gasteiger partial charge in [-0.15, -0.1) is 0 Å². The molecular formula is C23H28BrN3O6. The summed E-state index contributed by atoms with van der Waals surface area (Å²) in [6.07, 6.45) is 0.768. The van der Waals surface area contributed by atoms with Gasteiger partial charge < -0.3 is 19.7 Å². The first kappa shape index (κ1) is 26.1. The van der Waals surface area contributed by atoms with Crippen LogP contribution in [-0.4, -0.2) is 47.4 Å². The number of ether oxygens (including phenoxy) is 2. The van der Waals surface area contributed by atoms with Crippen LogP contribution in [0.15, 0.2) is 46.9 Å². The number of hydrogen-bond donors (Lipinski definition) is 1. The van der Waals surface area contributed by atoms with E-state index < -0.39 is 16.9 Å². The van der Waals surface area contributed by atoms with Crippen molar-refractivity contribution in [3.8, 4) is 11.5 Å². The first-order valence-electron chi connectivity index (χ1n) is 10.5. The summed E-state index contributed by atoms with van der Waals surface area (Å²) in [5.41, 5.74) is 0.648. The zero-order valence-electron chi connectivity index (χ0n) is 19.0. The number of amides is 2. The Kier molecular flexibility index (Phi) is 9.65. The Labute approximate surface area is 201 Å². The summed E-state index contributed by atoms with van der Waals surface area (Å²) < 4.78 is 11.5. The molecule has 0 saturated heterocycles. The van der Waals surface area contributed by atoms with Crippen molar-refractivity contribution in [3.05, 3.63) is 62.6 Å². The minimum Gasteiger partial charge on any atom is -0.490 e. The molecule has 2 aromatic rings. The van der Waals surface area contributed by atoms with E-state index in [1.54, 1.807) is 6.92 Å². The predicted molar refractivity (Wildman–Crippen MR) is 127 cm³/mol. The quantitative estimate of drug-likeness (QED) is 0.352. The SMILES string of the molecule is CC[C@@H](C)NC(=O)[C@H](C)N(Cc1ccc(Br)cc1)C(=O)COc1ccc([N+](=O)[O-])c(OC)c1. The molecule has 2 atom stereocenters. The third kappa shape index (κ3) is 7.45. The van der Waals surface area contributed by atoms with E-state index in [9.17, 15) is 19.7 Å². The molecule has 0 aliphatic heterocycles. The highest BCUT2D eigenvalue weighted by Gasteiger charge is 2.27. The number of methoxy groups -OCH3 is 1. The maximum Gasteiger partial charge on any atom is 0.311 e. The van der Waals surface area contributed by atoms with Crippen molar-refractivity contribution in [2.45, 2.75) is 45.8 Å². The zero-order valence-corrected chi connectivity index (χ0v) is 20.6. The van der Waals surface area contributed by atoms with Crippen molar-refractivity contribution in [1.82, 2.24) is 10.2 Å². The number of carbonyl (C=O) groups excluding carboxylic acids is 2. The molecule has 0 fully saturated rings. The second-order valence-corrected chi connectivity index (χ2v) is 8.44. The minimum atomic E-state index is -0.731. The van der Waals surface area contributed by atoms with Crippen molar-refractivity contribution in [1.29, 1.82) is 0 Å². The Bertz CT molecular complexity index is 983. The summed E-state index contributed by atoms with van der Waals surface area (Å²) in [4.78, 5) is 37.8. The lowest BCUT2D eigenvalue weighted by Crippen LogP contribution is -2.50. The number of nitro benzene ring substituents is 1. The van der Waals surface area contributed by atoms with E-state index in [0.717, 1.165) is 16.5 Å². The summed E-state index contributed by atoms with van der Waals surface area (Å²) in [5, 5.41) is 14.0. The van der Waals surface area contributed by atoms with E-state index >= 15 is 0 Å². The predicted octanol–water partition coefficient (Wildman–Crippen LogP) is 4.08. The number of nitrogens with one attached hydrogen (secondary N) is 1. The molecule has 0 unspecified atom stereocenters. The van der Waals surface area contributed by atoms with Crippen molar-refractivity contribution in [2.75, 3.05) is 13.7 Å². The second kappa shape index (κ2) is 12.2. The lowest BCUT2D eigenvalue weighted by atomic mass is 10.1. The molecule has 0 aromatic heterocycles. The number of nitro groups is 1. The van der Waals surface area contributed by atoms with Gasteiger partial charge in [-0.2, -0.15) is 0 Å². The van der Waals surface area contributed by atoms with Crippen molar-refractivity contribution in [3.63, 3.8) is 0 Å². The van der Waals surface area contributed by atoms with Gasteiger partial charge in [0, 0.05) is 29.2 Å². The van der Waals surface area contributed by atoms with E-state index in [0.29, 0.717) is 0 Å². The van der Waals surface area contributed by atoms with E-state index in [2.05, 4.69) is 21.2 Å². The molecule has 9 nitrogen and oxygen atoms in total. The Hall–Kier alpha value is -3.14. The van der Waals surface area contributed by atoms with Crippen LogP contribution in [0.5, 0.6) is 11.5 Å². The Morgan fingerprint density at radius 2 is 1.85 bits per heavy atom. The molecule has 33 heavy (non-hydrogen) atoms. The fourth-order valence-corrected chi connectivity index (χ4v) is 3.23. The maximum absolute atomic E-state index is 13.1. The molecule has 0 heterocycles. The molecule has 0 radical (unpaired) electrons. The fraction of sp³-hybridized carbons (Fsp3) is 0.391. The summed E-state index contributed by atoms with van der Waals surface area (Å²) in [6, 6.07) is 10.7. The molecule has 0 aliphatic carbocycles. The van der Waals surface area contributed by atoms with E-state index in [-0.39, 0.29) is 42.3 Å². The summed E-state index contributed by atoms with van der Waals surface area (Å²) in [7, 11) is 1.31. The number of benzene rings is 2. The highest BCUT2D eigenvalue weighted by atomic mass is 79.9. The van der Waals surface area contributed by atoms with Crippen LogP contribution < -0.4 is 14.8 Å². The monoisotopic (exact) mass is 521 g/mol. The number of halogens is 1. The van der Waals surface area contributed by atoms with Crippen molar-refractivity contribution >= 4 is 33.4 Å². The van der Waals surface area contributed by atoms with Gasteiger partial charge in [0.15, 0.2) is 6.61 Å². The number of nitrogens with zero attached hydrogens (tertiary/aromatic N) is 2. The van der Waals surface area contributed by atoms with Crippen LogP contribution in [0.2, 0.25) is 0 Å². The number of carbonyl (C=O) groups is 2. The average molecular weight is 522 g/mol. The van der Waals surface area contributed by atoms with Crippen molar-refractivity contribution in [2.24, 2.45) is 0 Å². The van der Waals surface area contributed by atoms with Crippen LogP contribution in [0.3, 0.4) is 0 Å². The van der Waals surface area contributed by atoms with Gasteiger partial charge in [-0.1, -0.05) is 35.0 Å². The van der Waals surface area contributed by atoms with Crippen LogP contribution in [0, 0.1) is 10.1 Å². The lowest BCUT2D eigenvalue weighted by molar-refractivity contribution is -0.385. The highest BCUT2D eigenvalue weighted by molar-refractivity contribution is 9.10. The Morgan fingerprint density at radius 3 is 2.42 bits per heavy atom. The first-order valence-corrected chi connectivity index (χ1v) is 11.2. The van der Waals surface area contributed by atoms with Gasteiger partial charge in [-0.3, -0.25) is 19.7 Å². The van der Waals surface area contributed by atoms with Gasteiger partial charge in [-0.25, -0.2) is 0 Å². The minimum absolute atomic E-state index is 0.0200. The molecule has 0 spiro atoms. The van der Waals surface area contributed by atoms with Crippen LogP contribution >= 0.6 is 15.9 Å². The zero-order chi connectivity index (χ0) is 24.5. The standard InChI is InChI=1S/C23H28BrN3O6/c1-5-15(2)25-23(29)16(3)26(13-17-6-8-18(24)9-7-17)22(28)14-33-19-10-11-20(27(30)31)21(12-19)32-4/h6-12,15-16H,5,13-14H2,1-4H3,(H,25,29)/t15-,16+/m1/s1. The van der Waals surface area contributed by atoms with Crippen LogP contribution in [0.4, 0.5) is 5.69 Å². The van der Waals surface area contributed by atoms with Gasteiger partial charge in [0.1, 0.15) is 11.8 Å². The molecule has 0 saturated carbocycles. The molecule has 1 N–H and O–H groups in total. The fourth-order valence-electron chi connectivity index (χ4n) is 2.96. The molecule has 0 bridgehead atoms. The molecule has 178 valence electrons. The molecular weight excluding hydrogens is 494 g/mol. The average Bonchev–Trinajstić information content (AvgIpc) is 2.81. The molecule has 2 aromatic carbocycles. The second-order valence-electron chi connectivity index (χ2n) is 7.52. The smallest absolute Gasteiger partial charge is 0.311 e. The Balaban J connectivity index is 2.19. The number of rotatable bonds is 11. The first-order chi connectivity index (χ1) is 15.7. The molecule has 2 amide bonds. The summed E-state index contributed by atoms with van der Waals surface area (Å²) in [6.45, 7) is 5.40. The van der Waals surface area contributed by atoms with Gasteiger partial charge in [0.2, 0.25) is 11.7 Å². The third-order valence-corrected chi connectivity index (χ3v) is 5.67. The Morgan fingerprint density at radius 1 is 1.18 bits per heavy atom. The molecule has 0 aliphatic rings. The largest absolute Gasteiger partial charge is 0.490 e. The highest BCUT2D eigenvalue weighted by Crippen LogP contribution is 2.30.